The van der Waals surface area contributed by atoms with Crippen LogP contribution >= 0.6 is 0 Å². The Kier molecular flexibility index (Phi) is 7.46. The number of hydrogen-bond donors (Lipinski definition) is 1. The number of nitrogens with one attached hydrogen (secondary N) is 1. The Bertz CT molecular complexity index is 446. The largest absolute Gasteiger partial charge is 0.350 e. The summed E-state index contributed by atoms with van der Waals surface area (Å²) in [6.07, 6.45) is 0.860. The van der Waals surface area contributed by atoms with Crippen LogP contribution in [0, 0.1) is 0 Å². The molecule has 0 bridgehead atoms. The first-order valence-electron chi connectivity index (χ1n) is 7.20. The lowest BCUT2D eigenvalue weighted by atomic mass is 10.2. The molecule has 0 saturated heterocycles. The van der Waals surface area contributed by atoms with Crippen LogP contribution in [0.15, 0.2) is 30.3 Å². The molecule has 1 rings (SSSR count). The Hall–Kier alpha value is -1.88. The standard InChI is InChI=1S/C16H25N3O2/c1-14(20)19(11-7-10-18(2)3)13-16(21)17-12-15-8-5-4-6-9-15/h4-6,8-9H,7,10-13H2,1-3H3,(H,17,21). The van der Waals surface area contributed by atoms with Crippen molar-refractivity contribution in [1.82, 2.24) is 15.1 Å². The summed E-state index contributed by atoms with van der Waals surface area (Å²) in [5.74, 6) is -0.192. The second-order valence-corrected chi connectivity index (χ2v) is 5.36. The van der Waals surface area contributed by atoms with E-state index in [2.05, 4.69) is 10.2 Å². The molecule has 0 spiro atoms. The van der Waals surface area contributed by atoms with E-state index in [9.17, 15) is 9.59 Å². The van der Waals surface area contributed by atoms with Crippen LogP contribution in [-0.4, -0.2) is 55.3 Å². The molecule has 0 heterocycles. The maximum Gasteiger partial charge on any atom is 0.239 e. The number of hydrogen-bond acceptors (Lipinski definition) is 3. The minimum atomic E-state index is -0.126. The summed E-state index contributed by atoms with van der Waals surface area (Å²) >= 11 is 0. The molecule has 0 aliphatic rings. The van der Waals surface area contributed by atoms with Gasteiger partial charge in [-0.2, -0.15) is 0 Å². The summed E-state index contributed by atoms with van der Waals surface area (Å²) in [6, 6.07) is 9.73. The molecule has 0 aliphatic carbocycles. The fourth-order valence-corrected chi connectivity index (χ4v) is 1.95. The molecule has 1 aromatic rings. The molecular formula is C16H25N3O2. The van der Waals surface area contributed by atoms with Gasteiger partial charge in [0, 0.05) is 20.0 Å². The van der Waals surface area contributed by atoms with Crippen LogP contribution in [0.5, 0.6) is 0 Å². The normalized spacial score (nSPS) is 10.5. The van der Waals surface area contributed by atoms with Gasteiger partial charge in [0.1, 0.15) is 0 Å². The summed E-state index contributed by atoms with van der Waals surface area (Å²) in [5.41, 5.74) is 1.05. The first-order chi connectivity index (χ1) is 9.99. The van der Waals surface area contributed by atoms with Gasteiger partial charge in [0.15, 0.2) is 0 Å². The molecule has 5 nitrogen and oxygen atoms in total. The molecule has 0 aromatic heterocycles. The van der Waals surface area contributed by atoms with Gasteiger partial charge in [0.05, 0.1) is 6.54 Å². The van der Waals surface area contributed by atoms with Gasteiger partial charge in [0.2, 0.25) is 11.8 Å². The van der Waals surface area contributed by atoms with E-state index in [0.717, 1.165) is 18.5 Å². The Morgan fingerprint density at radius 2 is 1.76 bits per heavy atom. The molecule has 5 heteroatoms. The van der Waals surface area contributed by atoms with Crippen LogP contribution in [0.2, 0.25) is 0 Å². The monoisotopic (exact) mass is 291 g/mol. The number of carbonyl (C=O) groups excluding carboxylic acids is 2. The predicted octanol–water partition coefficient (Wildman–Crippen LogP) is 1.10. The Labute approximate surface area is 126 Å². The van der Waals surface area contributed by atoms with Crippen LogP contribution in [0.3, 0.4) is 0 Å². The van der Waals surface area contributed by atoms with Gasteiger partial charge >= 0.3 is 0 Å². The lowest BCUT2D eigenvalue weighted by molar-refractivity contribution is -0.134. The molecule has 0 atom stereocenters. The third-order valence-corrected chi connectivity index (χ3v) is 3.15. The molecule has 0 fully saturated rings. The van der Waals surface area contributed by atoms with E-state index in [1.807, 2.05) is 44.4 Å². The summed E-state index contributed by atoms with van der Waals surface area (Å²) in [6.45, 7) is 3.61. The minimum Gasteiger partial charge on any atom is -0.350 e. The topological polar surface area (TPSA) is 52.7 Å². The van der Waals surface area contributed by atoms with E-state index >= 15 is 0 Å². The third-order valence-electron chi connectivity index (χ3n) is 3.15. The lowest BCUT2D eigenvalue weighted by Gasteiger charge is -2.21. The van der Waals surface area contributed by atoms with Gasteiger partial charge in [-0.15, -0.1) is 0 Å². The predicted molar refractivity (Wildman–Crippen MR) is 83.7 cm³/mol. The van der Waals surface area contributed by atoms with Crippen molar-refractivity contribution in [2.75, 3.05) is 33.7 Å². The van der Waals surface area contributed by atoms with Crippen molar-refractivity contribution < 1.29 is 9.59 Å². The van der Waals surface area contributed by atoms with Gasteiger partial charge < -0.3 is 15.1 Å². The maximum atomic E-state index is 11.9. The van der Waals surface area contributed by atoms with Crippen LogP contribution in [-0.2, 0) is 16.1 Å². The Balaban J connectivity index is 2.36. The van der Waals surface area contributed by atoms with Gasteiger partial charge in [-0.1, -0.05) is 30.3 Å². The Morgan fingerprint density at radius 3 is 2.33 bits per heavy atom. The molecule has 1 N–H and O–H groups in total. The van der Waals surface area contributed by atoms with Gasteiger partial charge in [0.25, 0.3) is 0 Å². The van der Waals surface area contributed by atoms with Crippen molar-refractivity contribution in [2.45, 2.75) is 19.9 Å². The van der Waals surface area contributed by atoms with E-state index in [1.54, 1.807) is 4.90 Å². The third kappa shape index (κ3) is 7.46. The van der Waals surface area contributed by atoms with Crippen molar-refractivity contribution in [2.24, 2.45) is 0 Å². The zero-order valence-electron chi connectivity index (χ0n) is 13.1. The molecule has 0 saturated carbocycles. The quantitative estimate of drug-likeness (QED) is 0.780. The molecule has 2 amide bonds. The van der Waals surface area contributed by atoms with E-state index in [0.29, 0.717) is 13.1 Å². The number of rotatable bonds is 8. The Morgan fingerprint density at radius 1 is 1.10 bits per heavy atom. The van der Waals surface area contributed by atoms with Crippen LogP contribution < -0.4 is 5.32 Å². The first-order valence-corrected chi connectivity index (χ1v) is 7.20. The number of amides is 2. The maximum absolute atomic E-state index is 11.9. The average Bonchev–Trinajstić information content (AvgIpc) is 2.44. The molecule has 116 valence electrons. The van der Waals surface area contributed by atoms with E-state index in [1.165, 1.54) is 6.92 Å². The molecule has 0 radical (unpaired) electrons. The van der Waals surface area contributed by atoms with Crippen molar-refractivity contribution >= 4 is 11.8 Å². The average molecular weight is 291 g/mol. The first kappa shape index (κ1) is 17.2. The highest BCUT2D eigenvalue weighted by Gasteiger charge is 2.13. The highest BCUT2D eigenvalue weighted by atomic mass is 16.2. The van der Waals surface area contributed by atoms with Crippen LogP contribution in [0.1, 0.15) is 18.9 Å². The highest BCUT2D eigenvalue weighted by Crippen LogP contribution is 1.98. The van der Waals surface area contributed by atoms with Crippen molar-refractivity contribution in [1.29, 1.82) is 0 Å². The summed E-state index contributed by atoms with van der Waals surface area (Å²) in [4.78, 5) is 27.1. The van der Waals surface area contributed by atoms with Crippen molar-refractivity contribution in [3.8, 4) is 0 Å². The molecule has 21 heavy (non-hydrogen) atoms. The number of nitrogens with zero attached hydrogens (tertiary/aromatic N) is 2. The summed E-state index contributed by atoms with van der Waals surface area (Å²) in [7, 11) is 3.98. The van der Waals surface area contributed by atoms with Crippen LogP contribution in [0.25, 0.3) is 0 Å². The SMILES string of the molecule is CC(=O)N(CCCN(C)C)CC(=O)NCc1ccccc1. The van der Waals surface area contributed by atoms with Crippen LogP contribution in [0.4, 0.5) is 0 Å². The summed E-state index contributed by atoms with van der Waals surface area (Å²) < 4.78 is 0. The fourth-order valence-electron chi connectivity index (χ4n) is 1.95. The van der Waals surface area contributed by atoms with Gasteiger partial charge in [-0.05, 0) is 32.6 Å². The number of benzene rings is 1. The lowest BCUT2D eigenvalue weighted by Crippen LogP contribution is -2.40. The van der Waals surface area contributed by atoms with Crippen molar-refractivity contribution in [3.63, 3.8) is 0 Å². The van der Waals surface area contributed by atoms with E-state index < -0.39 is 0 Å². The van der Waals surface area contributed by atoms with Gasteiger partial charge in [-0.3, -0.25) is 9.59 Å². The molecular weight excluding hydrogens is 266 g/mol. The van der Waals surface area contributed by atoms with E-state index in [4.69, 9.17) is 0 Å². The fraction of sp³-hybridized carbons (Fsp3) is 0.500. The minimum absolute atomic E-state index is 0.0661. The van der Waals surface area contributed by atoms with Crippen molar-refractivity contribution in [3.05, 3.63) is 35.9 Å². The summed E-state index contributed by atoms with van der Waals surface area (Å²) in [5, 5.41) is 2.84. The highest BCUT2D eigenvalue weighted by molar-refractivity contribution is 5.83. The number of carbonyl (C=O) groups is 2. The molecule has 1 aromatic carbocycles. The molecule has 0 unspecified atom stereocenters. The molecule has 0 aliphatic heterocycles. The zero-order chi connectivity index (χ0) is 15.7. The zero-order valence-corrected chi connectivity index (χ0v) is 13.1. The second kappa shape index (κ2) is 9.13. The van der Waals surface area contributed by atoms with E-state index in [-0.39, 0.29) is 18.4 Å². The second-order valence-electron chi connectivity index (χ2n) is 5.36. The van der Waals surface area contributed by atoms with Gasteiger partial charge in [-0.25, -0.2) is 0 Å². The smallest absolute Gasteiger partial charge is 0.239 e.